The van der Waals surface area contributed by atoms with Crippen molar-refractivity contribution in [1.82, 2.24) is 14.5 Å². The number of esters is 1. The van der Waals surface area contributed by atoms with E-state index in [9.17, 15) is 14.9 Å². The van der Waals surface area contributed by atoms with E-state index in [2.05, 4.69) is 4.98 Å². The lowest BCUT2D eigenvalue weighted by Crippen LogP contribution is -2.51. The lowest BCUT2D eigenvalue weighted by molar-refractivity contribution is -0.392. The van der Waals surface area contributed by atoms with Gasteiger partial charge in [-0.25, -0.2) is 9.55 Å². The van der Waals surface area contributed by atoms with Crippen LogP contribution < -0.4 is 0 Å². The van der Waals surface area contributed by atoms with Gasteiger partial charge in [0.1, 0.15) is 18.8 Å². The van der Waals surface area contributed by atoms with Crippen molar-refractivity contribution in [3.63, 3.8) is 0 Å². The quantitative estimate of drug-likeness (QED) is 0.427. The number of carbonyl (C=O) groups is 1. The minimum absolute atomic E-state index is 0.0459. The normalized spacial score (nSPS) is 19.4. The molecule has 21 heavy (non-hydrogen) atoms. The first-order chi connectivity index (χ1) is 10.0. The molecule has 0 radical (unpaired) electrons. The van der Waals surface area contributed by atoms with Crippen LogP contribution in [0.25, 0.3) is 0 Å². The second-order valence-electron chi connectivity index (χ2n) is 4.72. The largest absolute Gasteiger partial charge is 0.468 e. The van der Waals surface area contributed by atoms with E-state index in [1.165, 1.54) is 17.9 Å². The summed E-state index contributed by atoms with van der Waals surface area (Å²) in [5.41, 5.74) is 0. The number of aryl methyl sites for hydroxylation is 1. The third-order valence-electron chi connectivity index (χ3n) is 3.54. The van der Waals surface area contributed by atoms with E-state index in [-0.39, 0.29) is 18.4 Å². The summed E-state index contributed by atoms with van der Waals surface area (Å²) in [5, 5.41) is 10.9. The van der Waals surface area contributed by atoms with Gasteiger partial charge >= 0.3 is 11.8 Å². The maximum Gasteiger partial charge on any atom is 0.342 e. The van der Waals surface area contributed by atoms with E-state index in [0.717, 1.165) is 0 Å². The molecule has 2 rings (SSSR count). The summed E-state index contributed by atoms with van der Waals surface area (Å²) in [4.78, 5) is 28.1. The first-order valence-electron chi connectivity index (χ1n) is 6.60. The molecule has 0 spiro atoms. The Morgan fingerprint density at radius 1 is 1.62 bits per heavy atom. The standard InChI is InChI=1S/C12H18N4O5/c1-9-13-7-11(16(18)19)15(9)4-3-14-5-6-21-8-10(14)12(17)20-2/h7,10H,3-6,8H2,1-2H3. The lowest BCUT2D eigenvalue weighted by atomic mass is 10.2. The monoisotopic (exact) mass is 298 g/mol. The Morgan fingerprint density at radius 3 is 3.05 bits per heavy atom. The zero-order chi connectivity index (χ0) is 15.4. The van der Waals surface area contributed by atoms with Gasteiger partial charge in [-0.3, -0.25) is 9.69 Å². The highest BCUT2D eigenvalue weighted by Crippen LogP contribution is 2.15. The highest BCUT2D eigenvalue weighted by Gasteiger charge is 2.31. The molecular weight excluding hydrogens is 280 g/mol. The zero-order valence-corrected chi connectivity index (χ0v) is 12.0. The molecule has 1 aliphatic rings. The number of ether oxygens (including phenoxy) is 2. The van der Waals surface area contributed by atoms with Crippen LogP contribution in [0.4, 0.5) is 5.82 Å². The zero-order valence-electron chi connectivity index (χ0n) is 12.0. The summed E-state index contributed by atoms with van der Waals surface area (Å²) in [6, 6.07) is -0.466. The van der Waals surface area contributed by atoms with Crippen LogP contribution in [0.3, 0.4) is 0 Å². The van der Waals surface area contributed by atoms with Gasteiger partial charge < -0.3 is 19.6 Å². The average molecular weight is 298 g/mol. The summed E-state index contributed by atoms with van der Waals surface area (Å²) in [6.45, 7) is 3.97. The van der Waals surface area contributed by atoms with E-state index in [1.54, 1.807) is 6.92 Å². The molecular formula is C12H18N4O5. The van der Waals surface area contributed by atoms with Gasteiger partial charge in [-0.2, -0.15) is 0 Å². The molecule has 0 amide bonds. The molecule has 1 aliphatic heterocycles. The van der Waals surface area contributed by atoms with Crippen LogP contribution in [-0.2, 0) is 20.8 Å². The fourth-order valence-corrected chi connectivity index (χ4v) is 2.37. The Kier molecular flexibility index (Phi) is 4.86. The molecule has 1 unspecified atom stereocenters. The van der Waals surface area contributed by atoms with Gasteiger partial charge in [0.25, 0.3) is 0 Å². The van der Waals surface area contributed by atoms with E-state index >= 15 is 0 Å². The maximum atomic E-state index is 11.7. The van der Waals surface area contributed by atoms with E-state index in [4.69, 9.17) is 9.47 Å². The molecule has 1 atom stereocenters. The second kappa shape index (κ2) is 6.64. The van der Waals surface area contributed by atoms with E-state index < -0.39 is 11.0 Å². The Morgan fingerprint density at radius 2 is 2.38 bits per heavy atom. The first kappa shape index (κ1) is 15.4. The van der Waals surface area contributed by atoms with Gasteiger partial charge in [0.15, 0.2) is 5.82 Å². The Balaban J connectivity index is 2.06. The molecule has 1 saturated heterocycles. The van der Waals surface area contributed by atoms with Crippen molar-refractivity contribution >= 4 is 11.8 Å². The van der Waals surface area contributed by atoms with Crippen LogP contribution in [0, 0.1) is 17.0 Å². The van der Waals surface area contributed by atoms with Gasteiger partial charge in [-0.15, -0.1) is 0 Å². The molecule has 0 N–H and O–H groups in total. The minimum Gasteiger partial charge on any atom is -0.468 e. The number of nitrogens with zero attached hydrogens (tertiary/aromatic N) is 4. The Bertz CT molecular complexity index is 530. The fourth-order valence-electron chi connectivity index (χ4n) is 2.37. The maximum absolute atomic E-state index is 11.7. The summed E-state index contributed by atoms with van der Waals surface area (Å²) in [6.07, 6.45) is 1.24. The van der Waals surface area contributed by atoms with Gasteiger partial charge in [-0.05, 0) is 4.92 Å². The Hall–Kier alpha value is -2.00. The molecule has 1 aromatic rings. The number of carbonyl (C=O) groups excluding carboxylic acids is 1. The number of aromatic nitrogens is 2. The van der Waals surface area contributed by atoms with E-state index in [1.807, 2.05) is 4.90 Å². The van der Waals surface area contributed by atoms with Crippen molar-refractivity contribution in [2.24, 2.45) is 0 Å². The molecule has 116 valence electrons. The van der Waals surface area contributed by atoms with Crippen molar-refractivity contribution in [2.75, 3.05) is 33.4 Å². The number of nitro groups is 1. The number of imidazole rings is 1. The number of rotatable bonds is 5. The van der Waals surface area contributed by atoms with Crippen molar-refractivity contribution in [3.05, 3.63) is 22.1 Å². The SMILES string of the molecule is COC(=O)C1COCCN1CCn1c([N+](=O)[O-])cnc1C. The third-order valence-corrected chi connectivity index (χ3v) is 3.54. The number of methoxy groups -OCH3 is 1. The van der Waals surface area contributed by atoms with Gasteiger partial charge in [-0.1, -0.05) is 0 Å². The summed E-state index contributed by atoms with van der Waals surface area (Å²) < 4.78 is 11.6. The van der Waals surface area contributed by atoms with Crippen LogP contribution in [0.15, 0.2) is 6.20 Å². The molecule has 0 saturated carbocycles. The highest BCUT2D eigenvalue weighted by molar-refractivity contribution is 5.75. The summed E-state index contributed by atoms with van der Waals surface area (Å²) in [5.74, 6) is 0.173. The lowest BCUT2D eigenvalue weighted by Gasteiger charge is -2.33. The minimum atomic E-state index is -0.466. The van der Waals surface area contributed by atoms with Crippen LogP contribution in [0.5, 0.6) is 0 Å². The summed E-state index contributed by atoms with van der Waals surface area (Å²) in [7, 11) is 1.33. The molecule has 9 nitrogen and oxygen atoms in total. The van der Waals surface area contributed by atoms with Crippen LogP contribution in [0.1, 0.15) is 5.82 Å². The van der Waals surface area contributed by atoms with Gasteiger partial charge in [0.2, 0.25) is 0 Å². The average Bonchev–Trinajstić information content (AvgIpc) is 2.86. The summed E-state index contributed by atoms with van der Waals surface area (Å²) >= 11 is 0. The fraction of sp³-hybridized carbons (Fsp3) is 0.667. The number of morpholine rings is 1. The molecule has 0 bridgehead atoms. The van der Waals surface area contributed by atoms with Crippen molar-refractivity contribution in [3.8, 4) is 0 Å². The topological polar surface area (TPSA) is 99.7 Å². The first-order valence-corrected chi connectivity index (χ1v) is 6.60. The van der Waals surface area contributed by atoms with Crippen molar-refractivity contribution in [1.29, 1.82) is 0 Å². The number of hydrogen-bond donors (Lipinski definition) is 0. The Labute approximate surface area is 121 Å². The molecule has 0 aliphatic carbocycles. The van der Waals surface area contributed by atoms with Gasteiger partial charge in [0.05, 0.1) is 20.3 Å². The third kappa shape index (κ3) is 3.37. The smallest absolute Gasteiger partial charge is 0.342 e. The van der Waals surface area contributed by atoms with E-state index in [0.29, 0.717) is 32.1 Å². The van der Waals surface area contributed by atoms with Crippen LogP contribution in [0.2, 0.25) is 0 Å². The molecule has 9 heteroatoms. The molecule has 1 aromatic heterocycles. The molecule has 2 heterocycles. The van der Waals surface area contributed by atoms with Crippen LogP contribution in [-0.4, -0.2) is 64.8 Å². The number of hydrogen-bond acceptors (Lipinski definition) is 7. The van der Waals surface area contributed by atoms with Crippen molar-refractivity contribution < 1.29 is 19.2 Å². The molecule has 0 aromatic carbocycles. The van der Waals surface area contributed by atoms with Crippen LogP contribution >= 0.6 is 0 Å². The molecule has 1 fully saturated rings. The predicted molar refractivity (Wildman–Crippen MR) is 71.8 cm³/mol. The second-order valence-corrected chi connectivity index (χ2v) is 4.72. The van der Waals surface area contributed by atoms with Gasteiger partial charge in [0, 0.05) is 20.0 Å². The van der Waals surface area contributed by atoms with Crippen molar-refractivity contribution in [2.45, 2.75) is 19.5 Å². The highest BCUT2D eigenvalue weighted by atomic mass is 16.6. The predicted octanol–water partition coefficient (Wildman–Crippen LogP) is -0.0265.